The number of carbonyl (C=O) groups excluding carboxylic acids is 1. The van der Waals surface area contributed by atoms with Crippen molar-refractivity contribution in [2.24, 2.45) is 0 Å². The van der Waals surface area contributed by atoms with Crippen molar-refractivity contribution in [2.75, 3.05) is 32.8 Å². The number of methoxy groups -OCH3 is 2. The molecular formula is C18H19F2NO5. The van der Waals surface area contributed by atoms with Crippen LogP contribution in [-0.4, -0.2) is 40.0 Å². The molecule has 2 aromatic rings. The van der Waals surface area contributed by atoms with Gasteiger partial charge in [-0.2, -0.15) is 8.78 Å². The number of amides is 1. The zero-order valence-corrected chi connectivity index (χ0v) is 14.3. The van der Waals surface area contributed by atoms with E-state index in [0.29, 0.717) is 24.7 Å². The first-order valence-corrected chi connectivity index (χ1v) is 7.69. The summed E-state index contributed by atoms with van der Waals surface area (Å²) in [6.07, 6.45) is 0. The number of rotatable bonds is 9. The number of halogens is 2. The summed E-state index contributed by atoms with van der Waals surface area (Å²) in [6, 6.07) is 10.8. The molecule has 1 N–H and O–H groups in total. The predicted octanol–water partition coefficient (Wildman–Crippen LogP) is 3.57. The van der Waals surface area contributed by atoms with Gasteiger partial charge in [0.05, 0.1) is 13.7 Å². The molecule has 0 saturated carbocycles. The van der Waals surface area contributed by atoms with E-state index in [1.807, 2.05) is 0 Å². The molecule has 1 amide bonds. The summed E-state index contributed by atoms with van der Waals surface area (Å²) < 4.78 is 44.3. The van der Waals surface area contributed by atoms with Crippen molar-refractivity contribution in [1.82, 2.24) is 0 Å². The minimum Gasteiger partial charge on any atom is -0.493 e. The van der Waals surface area contributed by atoms with E-state index in [1.54, 1.807) is 31.4 Å². The highest BCUT2D eigenvalue weighted by molar-refractivity contribution is 6.04. The first-order chi connectivity index (χ1) is 12.5. The third-order valence-corrected chi connectivity index (χ3v) is 3.31. The van der Waals surface area contributed by atoms with E-state index in [0.717, 1.165) is 0 Å². The van der Waals surface area contributed by atoms with E-state index in [1.165, 1.54) is 25.3 Å². The van der Waals surface area contributed by atoms with Crippen molar-refractivity contribution in [1.29, 1.82) is 0 Å². The second kappa shape index (κ2) is 9.57. The van der Waals surface area contributed by atoms with E-state index >= 15 is 0 Å². The molecule has 0 atom stereocenters. The zero-order valence-electron chi connectivity index (χ0n) is 14.3. The minimum atomic E-state index is -2.98. The molecule has 0 fully saturated rings. The quantitative estimate of drug-likeness (QED) is 0.687. The number of benzene rings is 2. The van der Waals surface area contributed by atoms with Gasteiger partial charge in [0.2, 0.25) is 0 Å². The Labute approximate surface area is 149 Å². The largest absolute Gasteiger partial charge is 0.493 e. The van der Waals surface area contributed by atoms with E-state index in [-0.39, 0.29) is 17.1 Å². The Balaban J connectivity index is 2.02. The lowest BCUT2D eigenvalue weighted by Crippen LogP contribution is -2.12. The summed E-state index contributed by atoms with van der Waals surface area (Å²) in [5.41, 5.74) is 0.796. The van der Waals surface area contributed by atoms with Gasteiger partial charge in [0.25, 0.3) is 5.91 Å². The standard InChI is InChI=1S/C18H19F2NO5/c1-23-9-10-25-14-6-4-13(5-7-14)21-17(22)12-3-8-15(26-18(19)20)16(11-12)24-2/h3-8,11,18H,9-10H2,1-2H3,(H,21,22). The number of carbonyl (C=O) groups is 1. The van der Waals surface area contributed by atoms with Gasteiger partial charge in [0.1, 0.15) is 12.4 Å². The average molecular weight is 367 g/mol. The maximum atomic E-state index is 12.3. The van der Waals surface area contributed by atoms with Gasteiger partial charge in [0.15, 0.2) is 11.5 Å². The third-order valence-electron chi connectivity index (χ3n) is 3.31. The van der Waals surface area contributed by atoms with Crippen LogP contribution in [0.3, 0.4) is 0 Å². The third kappa shape index (κ3) is 5.59. The van der Waals surface area contributed by atoms with Gasteiger partial charge in [-0.15, -0.1) is 0 Å². The molecule has 2 aromatic carbocycles. The Kier molecular flexibility index (Phi) is 7.16. The van der Waals surface area contributed by atoms with Crippen LogP contribution in [-0.2, 0) is 4.74 Å². The fourth-order valence-corrected chi connectivity index (χ4v) is 2.08. The fourth-order valence-electron chi connectivity index (χ4n) is 2.08. The molecule has 0 aromatic heterocycles. The van der Waals surface area contributed by atoms with Crippen LogP contribution < -0.4 is 19.5 Å². The van der Waals surface area contributed by atoms with Gasteiger partial charge in [0, 0.05) is 18.4 Å². The van der Waals surface area contributed by atoms with Gasteiger partial charge < -0.3 is 24.3 Å². The minimum absolute atomic E-state index is 0.0415. The summed E-state index contributed by atoms with van der Waals surface area (Å²) in [4.78, 5) is 12.3. The molecule has 0 bridgehead atoms. The van der Waals surface area contributed by atoms with Crippen molar-refractivity contribution in [3.05, 3.63) is 48.0 Å². The molecule has 6 nitrogen and oxygen atoms in total. The number of nitrogens with one attached hydrogen (secondary N) is 1. The van der Waals surface area contributed by atoms with Crippen LogP contribution in [0.1, 0.15) is 10.4 Å². The summed E-state index contributed by atoms with van der Waals surface area (Å²) in [7, 11) is 2.89. The molecule has 140 valence electrons. The SMILES string of the molecule is COCCOc1ccc(NC(=O)c2ccc(OC(F)F)c(OC)c2)cc1. The smallest absolute Gasteiger partial charge is 0.387 e. The Morgan fingerprint density at radius 3 is 2.38 bits per heavy atom. The van der Waals surface area contributed by atoms with Crippen LogP contribution in [0, 0.1) is 0 Å². The molecule has 0 saturated heterocycles. The highest BCUT2D eigenvalue weighted by Gasteiger charge is 2.14. The van der Waals surface area contributed by atoms with Crippen LogP contribution >= 0.6 is 0 Å². The fraction of sp³-hybridized carbons (Fsp3) is 0.278. The van der Waals surface area contributed by atoms with Crippen LogP contribution in [0.15, 0.2) is 42.5 Å². The first kappa shape index (κ1) is 19.5. The molecule has 2 rings (SSSR count). The highest BCUT2D eigenvalue weighted by Crippen LogP contribution is 2.29. The van der Waals surface area contributed by atoms with Gasteiger partial charge in [-0.25, -0.2) is 0 Å². The van der Waals surface area contributed by atoms with E-state index in [4.69, 9.17) is 14.2 Å². The molecule has 26 heavy (non-hydrogen) atoms. The Morgan fingerprint density at radius 2 is 1.77 bits per heavy atom. The summed E-state index contributed by atoms with van der Waals surface area (Å²) >= 11 is 0. The average Bonchev–Trinajstić information content (AvgIpc) is 2.63. The number of ether oxygens (including phenoxy) is 4. The van der Waals surface area contributed by atoms with Crippen LogP contribution in [0.5, 0.6) is 17.2 Å². The van der Waals surface area contributed by atoms with Gasteiger partial charge in [-0.05, 0) is 42.5 Å². The van der Waals surface area contributed by atoms with Crippen molar-refractivity contribution in [2.45, 2.75) is 6.61 Å². The maximum Gasteiger partial charge on any atom is 0.387 e. The highest BCUT2D eigenvalue weighted by atomic mass is 19.3. The first-order valence-electron chi connectivity index (χ1n) is 7.69. The maximum absolute atomic E-state index is 12.3. The summed E-state index contributed by atoms with van der Waals surface area (Å²) in [5, 5.41) is 2.70. The zero-order chi connectivity index (χ0) is 18.9. The van der Waals surface area contributed by atoms with E-state index < -0.39 is 12.5 Å². The molecule has 0 aliphatic heterocycles. The number of hydrogen-bond donors (Lipinski definition) is 1. The van der Waals surface area contributed by atoms with Crippen LogP contribution in [0.25, 0.3) is 0 Å². The van der Waals surface area contributed by atoms with Crippen molar-refractivity contribution in [3.8, 4) is 17.2 Å². The van der Waals surface area contributed by atoms with Crippen molar-refractivity contribution < 1.29 is 32.5 Å². The Morgan fingerprint density at radius 1 is 1.04 bits per heavy atom. The number of anilines is 1. The Bertz CT molecular complexity index is 722. The van der Waals surface area contributed by atoms with E-state index in [9.17, 15) is 13.6 Å². The van der Waals surface area contributed by atoms with Gasteiger partial charge in [-0.1, -0.05) is 0 Å². The molecule has 0 spiro atoms. The van der Waals surface area contributed by atoms with E-state index in [2.05, 4.69) is 10.1 Å². The molecule has 0 aliphatic carbocycles. The lowest BCUT2D eigenvalue weighted by atomic mass is 10.2. The van der Waals surface area contributed by atoms with Crippen LogP contribution in [0.2, 0.25) is 0 Å². The van der Waals surface area contributed by atoms with Crippen molar-refractivity contribution >= 4 is 11.6 Å². The topological polar surface area (TPSA) is 66.0 Å². The lowest BCUT2D eigenvalue weighted by molar-refractivity contribution is -0.0512. The predicted molar refractivity (Wildman–Crippen MR) is 91.4 cm³/mol. The second-order valence-corrected chi connectivity index (χ2v) is 5.06. The summed E-state index contributed by atoms with van der Waals surface area (Å²) in [5.74, 6) is 0.131. The second-order valence-electron chi connectivity index (χ2n) is 5.06. The molecule has 8 heteroatoms. The molecule has 0 radical (unpaired) electrons. The molecule has 0 aliphatic rings. The van der Waals surface area contributed by atoms with Crippen LogP contribution in [0.4, 0.5) is 14.5 Å². The molecule has 0 heterocycles. The van der Waals surface area contributed by atoms with Gasteiger partial charge in [-0.3, -0.25) is 4.79 Å². The van der Waals surface area contributed by atoms with Crippen molar-refractivity contribution in [3.63, 3.8) is 0 Å². The lowest BCUT2D eigenvalue weighted by Gasteiger charge is -2.12. The normalized spacial score (nSPS) is 10.5. The molecule has 0 unspecified atom stereocenters. The number of alkyl halides is 2. The van der Waals surface area contributed by atoms with Gasteiger partial charge >= 0.3 is 6.61 Å². The number of hydrogen-bond acceptors (Lipinski definition) is 5. The summed E-state index contributed by atoms with van der Waals surface area (Å²) in [6.45, 7) is -2.08. The monoisotopic (exact) mass is 367 g/mol. The molecular weight excluding hydrogens is 348 g/mol. The Hall–Kier alpha value is -2.87.